The molecule has 0 aromatic rings. The van der Waals surface area contributed by atoms with Crippen molar-refractivity contribution in [3.63, 3.8) is 0 Å². The topological polar surface area (TPSA) is 55.1 Å². The van der Waals surface area contributed by atoms with E-state index in [-0.39, 0.29) is 11.8 Å². The summed E-state index contributed by atoms with van der Waals surface area (Å²) in [5, 5.41) is 3.16. The van der Waals surface area contributed by atoms with Crippen LogP contribution in [0.3, 0.4) is 0 Å². The highest BCUT2D eigenvalue weighted by Gasteiger charge is 2.34. The second-order valence-corrected chi connectivity index (χ2v) is 5.32. The molecule has 15 heavy (non-hydrogen) atoms. The van der Waals surface area contributed by atoms with E-state index < -0.39 is 0 Å². The van der Waals surface area contributed by atoms with Crippen molar-refractivity contribution in [1.82, 2.24) is 5.32 Å². The van der Waals surface area contributed by atoms with Crippen LogP contribution in [-0.4, -0.2) is 18.5 Å². The van der Waals surface area contributed by atoms with Crippen LogP contribution in [0.15, 0.2) is 0 Å². The quantitative estimate of drug-likeness (QED) is 0.737. The zero-order chi connectivity index (χ0) is 10.8. The maximum absolute atomic E-state index is 12.0. The molecule has 86 valence electrons. The molecule has 0 aliphatic heterocycles. The first-order valence-electron chi connectivity index (χ1n) is 6.21. The summed E-state index contributed by atoms with van der Waals surface area (Å²) in [7, 11) is 0. The van der Waals surface area contributed by atoms with Crippen molar-refractivity contribution in [2.45, 2.75) is 45.1 Å². The van der Waals surface area contributed by atoms with Crippen molar-refractivity contribution in [2.24, 2.45) is 23.5 Å². The molecule has 2 fully saturated rings. The van der Waals surface area contributed by atoms with Gasteiger partial charge in [0, 0.05) is 12.0 Å². The van der Waals surface area contributed by atoms with Gasteiger partial charge in [-0.2, -0.15) is 0 Å². The van der Waals surface area contributed by atoms with Gasteiger partial charge in [0.05, 0.1) is 0 Å². The van der Waals surface area contributed by atoms with E-state index in [1.165, 1.54) is 6.42 Å². The highest BCUT2D eigenvalue weighted by molar-refractivity contribution is 5.79. The van der Waals surface area contributed by atoms with Gasteiger partial charge in [-0.25, -0.2) is 0 Å². The summed E-state index contributed by atoms with van der Waals surface area (Å²) in [4.78, 5) is 12.0. The molecule has 0 aromatic heterocycles. The predicted molar refractivity (Wildman–Crippen MR) is 60.2 cm³/mol. The number of amides is 1. The molecule has 0 bridgehead atoms. The molecular formula is C12H22N2O. The first kappa shape index (κ1) is 10.9. The molecular weight excluding hydrogens is 188 g/mol. The second-order valence-electron chi connectivity index (χ2n) is 5.32. The van der Waals surface area contributed by atoms with Crippen molar-refractivity contribution in [3.8, 4) is 0 Å². The molecule has 2 aliphatic rings. The van der Waals surface area contributed by atoms with E-state index in [0.29, 0.717) is 18.5 Å². The van der Waals surface area contributed by atoms with Gasteiger partial charge in [0.15, 0.2) is 0 Å². The molecule has 0 radical (unpaired) electrons. The Labute approximate surface area is 91.8 Å². The van der Waals surface area contributed by atoms with Crippen LogP contribution in [0.4, 0.5) is 0 Å². The average molecular weight is 210 g/mol. The lowest BCUT2D eigenvalue weighted by Crippen LogP contribution is -2.46. The number of hydrogen-bond donors (Lipinski definition) is 2. The molecule has 2 atom stereocenters. The predicted octanol–water partition coefficient (Wildman–Crippen LogP) is 1.28. The Balaban J connectivity index is 1.80. The third kappa shape index (κ3) is 2.33. The summed E-state index contributed by atoms with van der Waals surface area (Å²) in [5.74, 6) is 1.69. The van der Waals surface area contributed by atoms with Crippen LogP contribution in [0.2, 0.25) is 0 Å². The minimum Gasteiger partial charge on any atom is -0.353 e. The fraction of sp³-hybridized carbons (Fsp3) is 0.917. The number of carbonyl (C=O) groups excluding carboxylic acids is 1. The summed E-state index contributed by atoms with van der Waals surface area (Å²) in [6.07, 6.45) is 5.66. The largest absolute Gasteiger partial charge is 0.353 e. The van der Waals surface area contributed by atoms with Gasteiger partial charge in [0.1, 0.15) is 0 Å². The molecule has 3 heteroatoms. The first-order chi connectivity index (χ1) is 7.20. The maximum atomic E-state index is 12.0. The lowest BCUT2D eigenvalue weighted by atomic mass is 9.81. The van der Waals surface area contributed by atoms with E-state index in [9.17, 15) is 4.79 Å². The van der Waals surface area contributed by atoms with Crippen LogP contribution in [0, 0.1) is 17.8 Å². The second kappa shape index (κ2) is 4.52. The third-order valence-electron chi connectivity index (χ3n) is 4.02. The van der Waals surface area contributed by atoms with E-state index in [1.54, 1.807) is 0 Å². The minimum atomic E-state index is 0.200. The summed E-state index contributed by atoms with van der Waals surface area (Å²) < 4.78 is 0. The van der Waals surface area contributed by atoms with Crippen molar-refractivity contribution < 1.29 is 4.79 Å². The lowest BCUT2D eigenvalue weighted by Gasteiger charge is -2.34. The zero-order valence-corrected chi connectivity index (χ0v) is 9.54. The Kier molecular flexibility index (Phi) is 3.29. The highest BCUT2D eigenvalue weighted by atomic mass is 16.2. The molecule has 0 spiro atoms. The molecule has 0 saturated heterocycles. The lowest BCUT2D eigenvalue weighted by molar-refractivity contribution is -0.127. The molecule has 3 nitrogen and oxygen atoms in total. The minimum absolute atomic E-state index is 0.200. The molecule has 3 N–H and O–H groups in total. The summed E-state index contributed by atoms with van der Waals surface area (Å²) in [5.41, 5.74) is 5.68. The molecule has 2 unspecified atom stereocenters. The van der Waals surface area contributed by atoms with Crippen LogP contribution in [0.1, 0.15) is 39.0 Å². The number of nitrogens with two attached hydrogens (primary N) is 1. The Morgan fingerprint density at radius 2 is 2.13 bits per heavy atom. The van der Waals surface area contributed by atoms with Crippen molar-refractivity contribution >= 4 is 5.91 Å². The van der Waals surface area contributed by atoms with E-state index >= 15 is 0 Å². The average Bonchev–Trinajstić information content (AvgIpc) is 2.62. The van der Waals surface area contributed by atoms with Crippen molar-refractivity contribution in [3.05, 3.63) is 0 Å². The van der Waals surface area contributed by atoms with E-state index in [2.05, 4.69) is 12.2 Å². The number of hydrogen-bond acceptors (Lipinski definition) is 2. The number of rotatable bonds is 3. The molecule has 2 saturated carbocycles. The van der Waals surface area contributed by atoms with E-state index in [4.69, 9.17) is 5.73 Å². The summed E-state index contributed by atoms with van der Waals surface area (Å²) >= 11 is 0. The molecule has 2 aliphatic carbocycles. The first-order valence-corrected chi connectivity index (χ1v) is 6.21. The van der Waals surface area contributed by atoms with Crippen LogP contribution >= 0.6 is 0 Å². The zero-order valence-electron chi connectivity index (χ0n) is 9.54. The van der Waals surface area contributed by atoms with Crippen molar-refractivity contribution in [1.29, 1.82) is 0 Å². The Morgan fingerprint density at radius 1 is 1.40 bits per heavy atom. The summed E-state index contributed by atoms with van der Waals surface area (Å²) in [6.45, 7) is 2.90. The van der Waals surface area contributed by atoms with Gasteiger partial charge in [-0.15, -0.1) is 0 Å². The molecule has 2 rings (SSSR count). The van der Waals surface area contributed by atoms with E-state index in [0.717, 1.165) is 31.6 Å². The van der Waals surface area contributed by atoms with Crippen molar-refractivity contribution in [2.75, 3.05) is 6.54 Å². The SMILES string of the molecule is CC1CC(NC(=O)C2CCCC2CN)C1. The van der Waals surface area contributed by atoms with Crippen LogP contribution in [0.25, 0.3) is 0 Å². The van der Waals surface area contributed by atoms with Gasteiger partial charge in [-0.05, 0) is 44.1 Å². The number of carbonyl (C=O) groups is 1. The maximum Gasteiger partial charge on any atom is 0.223 e. The van der Waals surface area contributed by atoms with Crippen LogP contribution < -0.4 is 11.1 Å². The van der Waals surface area contributed by atoms with Gasteiger partial charge in [-0.3, -0.25) is 4.79 Å². The Bertz CT molecular complexity index is 236. The van der Waals surface area contributed by atoms with E-state index in [1.807, 2.05) is 0 Å². The fourth-order valence-corrected chi connectivity index (χ4v) is 2.99. The van der Waals surface area contributed by atoms with Gasteiger partial charge < -0.3 is 11.1 Å². The van der Waals surface area contributed by atoms with Gasteiger partial charge in [-0.1, -0.05) is 13.3 Å². The van der Waals surface area contributed by atoms with Gasteiger partial charge >= 0.3 is 0 Å². The molecule has 0 heterocycles. The Morgan fingerprint density at radius 3 is 2.73 bits per heavy atom. The van der Waals surface area contributed by atoms with Gasteiger partial charge in [0.25, 0.3) is 0 Å². The Hall–Kier alpha value is -0.570. The van der Waals surface area contributed by atoms with Crippen LogP contribution in [-0.2, 0) is 4.79 Å². The number of nitrogens with one attached hydrogen (secondary N) is 1. The van der Waals surface area contributed by atoms with Crippen LogP contribution in [0.5, 0.6) is 0 Å². The summed E-state index contributed by atoms with van der Waals surface area (Å²) in [6, 6.07) is 0.450. The van der Waals surface area contributed by atoms with Gasteiger partial charge in [0.2, 0.25) is 5.91 Å². The normalized spacial score (nSPS) is 39.9. The smallest absolute Gasteiger partial charge is 0.223 e. The fourth-order valence-electron chi connectivity index (χ4n) is 2.99. The molecule has 1 amide bonds. The highest BCUT2D eigenvalue weighted by Crippen LogP contribution is 2.32. The standard InChI is InChI=1S/C12H22N2O/c1-8-5-10(6-8)14-12(15)11-4-2-3-9(11)7-13/h8-11H,2-7,13H2,1H3,(H,14,15). The third-order valence-corrected chi connectivity index (χ3v) is 4.02. The monoisotopic (exact) mass is 210 g/mol. The molecule has 0 aromatic carbocycles.